The van der Waals surface area contributed by atoms with E-state index < -0.39 is 5.97 Å². The average Bonchev–Trinajstić information content (AvgIpc) is 2.66. The van der Waals surface area contributed by atoms with Gasteiger partial charge in [0.05, 0.1) is 6.61 Å². The fourth-order valence-electron chi connectivity index (χ4n) is 2.59. The Labute approximate surface area is 154 Å². The van der Waals surface area contributed by atoms with Crippen LogP contribution in [0.15, 0.2) is 66.9 Å². The predicted octanol–water partition coefficient (Wildman–Crippen LogP) is 4.64. The number of ketones is 1. The SMILES string of the molecule is C=C(OCCCC(=O)O)C(=O)CCCc1ccc(-c2ccccc2)cc1. The van der Waals surface area contributed by atoms with E-state index in [1.165, 1.54) is 16.7 Å². The van der Waals surface area contributed by atoms with Gasteiger partial charge in [0.25, 0.3) is 0 Å². The molecule has 0 bridgehead atoms. The summed E-state index contributed by atoms with van der Waals surface area (Å²) in [5.74, 6) is -0.875. The molecule has 1 N–H and O–H groups in total. The van der Waals surface area contributed by atoms with Crippen LogP contribution in [0.3, 0.4) is 0 Å². The van der Waals surface area contributed by atoms with Crippen LogP contribution in [0.4, 0.5) is 0 Å². The molecule has 2 aromatic rings. The van der Waals surface area contributed by atoms with E-state index in [1.807, 2.05) is 18.2 Å². The summed E-state index contributed by atoms with van der Waals surface area (Å²) in [6, 6.07) is 18.6. The Balaban J connectivity index is 1.71. The average molecular weight is 352 g/mol. The summed E-state index contributed by atoms with van der Waals surface area (Å²) in [7, 11) is 0. The Kier molecular flexibility index (Phi) is 7.62. The van der Waals surface area contributed by atoms with Crippen molar-refractivity contribution in [2.75, 3.05) is 6.61 Å². The number of rotatable bonds is 11. The maximum atomic E-state index is 12.0. The van der Waals surface area contributed by atoms with Gasteiger partial charge >= 0.3 is 5.97 Å². The van der Waals surface area contributed by atoms with E-state index in [1.54, 1.807) is 0 Å². The number of carboxylic acid groups (broad SMARTS) is 1. The number of benzene rings is 2. The predicted molar refractivity (Wildman–Crippen MR) is 102 cm³/mol. The van der Waals surface area contributed by atoms with Crippen molar-refractivity contribution in [2.45, 2.75) is 32.1 Å². The number of ether oxygens (including phenoxy) is 1. The number of aliphatic carboxylic acids is 1. The second-order valence-corrected chi connectivity index (χ2v) is 6.11. The molecular weight excluding hydrogens is 328 g/mol. The molecule has 0 amide bonds. The van der Waals surface area contributed by atoms with Crippen LogP contribution >= 0.6 is 0 Å². The van der Waals surface area contributed by atoms with Crippen LogP contribution in [0.1, 0.15) is 31.2 Å². The molecule has 0 heterocycles. The molecule has 4 heteroatoms. The van der Waals surface area contributed by atoms with E-state index in [9.17, 15) is 9.59 Å². The maximum Gasteiger partial charge on any atom is 0.303 e. The Bertz CT molecular complexity index is 732. The smallest absolute Gasteiger partial charge is 0.303 e. The molecule has 26 heavy (non-hydrogen) atoms. The van der Waals surface area contributed by atoms with Crippen LogP contribution < -0.4 is 0 Å². The minimum absolute atomic E-state index is 0.0282. The van der Waals surface area contributed by atoms with E-state index in [0.717, 1.165) is 12.8 Å². The lowest BCUT2D eigenvalue weighted by atomic mass is 10.0. The normalized spacial score (nSPS) is 10.3. The van der Waals surface area contributed by atoms with Gasteiger partial charge in [-0.25, -0.2) is 0 Å². The zero-order valence-corrected chi connectivity index (χ0v) is 14.8. The number of carbonyl (C=O) groups is 2. The van der Waals surface area contributed by atoms with Crippen LogP contribution in [0, 0.1) is 0 Å². The highest BCUT2D eigenvalue weighted by Crippen LogP contribution is 2.20. The van der Waals surface area contributed by atoms with Gasteiger partial charge < -0.3 is 9.84 Å². The van der Waals surface area contributed by atoms with Gasteiger partial charge in [0.2, 0.25) is 0 Å². The van der Waals surface area contributed by atoms with Crippen LogP contribution in [0.25, 0.3) is 11.1 Å². The van der Waals surface area contributed by atoms with Crippen LogP contribution in [0.5, 0.6) is 0 Å². The van der Waals surface area contributed by atoms with E-state index in [4.69, 9.17) is 9.84 Å². The van der Waals surface area contributed by atoms with Crippen LogP contribution in [-0.2, 0) is 20.7 Å². The van der Waals surface area contributed by atoms with Gasteiger partial charge in [0.1, 0.15) is 0 Å². The largest absolute Gasteiger partial charge is 0.490 e. The Morgan fingerprint density at radius 1 is 0.885 bits per heavy atom. The van der Waals surface area contributed by atoms with Gasteiger partial charge in [-0.1, -0.05) is 61.2 Å². The zero-order valence-electron chi connectivity index (χ0n) is 14.8. The molecule has 0 aromatic heterocycles. The lowest BCUT2D eigenvalue weighted by Crippen LogP contribution is -2.07. The van der Waals surface area contributed by atoms with Gasteiger partial charge in [0, 0.05) is 12.8 Å². The summed E-state index contributed by atoms with van der Waals surface area (Å²) >= 11 is 0. The molecule has 0 fully saturated rings. The summed E-state index contributed by atoms with van der Waals surface area (Å²) in [4.78, 5) is 22.4. The fourth-order valence-corrected chi connectivity index (χ4v) is 2.59. The molecule has 0 saturated heterocycles. The van der Waals surface area contributed by atoms with Crippen molar-refractivity contribution in [2.24, 2.45) is 0 Å². The minimum Gasteiger partial charge on any atom is -0.490 e. The van der Waals surface area contributed by atoms with Crippen molar-refractivity contribution in [1.29, 1.82) is 0 Å². The van der Waals surface area contributed by atoms with E-state index in [-0.39, 0.29) is 24.6 Å². The van der Waals surface area contributed by atoms with Crippen molar-refractivity contribution >= 4 is 11.8 Å². The maximum absolute atomic E-state index is 12.0. The summed E-state index contributed by atoms with van der Waals surface area (Å²) in [5.41, 5.74) is 3.55. The molecule has 2 aromatic carbocycles. The van der Waals surface area contributed by atoms with E-state index >= 15 is 0 Å². The zero-order chi connectivity index (χ0) is 18.8. The molecule has 0 aliphatic heterocycles. The van der Waals surface area contributed by atoms with Gasteiger partial charge in [-0.05, 0) is 36.0 Å². The Hall–Kier alpha value is -2.88. The number of hydrogen-bond acceptors (Lipinski definition) is 3. The number of allylic oxidation sites excluding steroid dienone is 1. The highest BCUT2D eigenvalue weighted by Gasteiger charge is 2.09. The Morgan fingerprint density at radius 2 is 1.54 bits per heavy atom. The number of carboxylic acids is 1. The van der Waals surface area contributed by atoms with Gasteiger partial charge in [0.15, 0.2) is 11.5 Å². The minimum atomic E-state index is -0.871. The first-order valence-electron chi connectivity index (χ1n) is 8.77. The first-order chi connectivity index (χ1) is 12.6. The van der Waals surface area contributed by atoms with Gasteiger partial charge in [-0.3, -0.25) is 9.59 Å². The molecule has 0 radical (unpaired) electrons. The van der Waals surface area contributed by atoms with Gasteiger partial charge in [-0.2, -0.15) is 0 Å². The quantitative estimate of drug-likeness (QED) is 0.363. The van der Waals surface area contributed by atoms with Crippen LogP contribution in [0.2, 0.25) is 0 Å². The molecular formula is C22H24O4. The van der Waals surface area contributed by atoms with E-state index in [2.05, 4.69) is 43.0 Å². The lowest BCUT2D eigenvalue weighted by Gasteiger charge is -2.08. The van der Waals surface area contributed by atoms with Crippen molar-refractivity contribution in [3.8, 4) is 11.1 Å². The number of Topliss-reactive ketones (excluding diaryl/α,β-unsaturated/α-hetero) is 1. The topological polar surface area (TPSA) is 63.6 Å². The number of carbonyl (C=O) groups excluding carboxylic acids is 1. The highest BCUT2D eigenvalue weighted by atomic mass is 16.5. The molecule has 0 atom stereocenters. The molecule has 136 valence electrons. The lowest BCUT2D eigenvalue weighted by molar-refractivity contribution is -0.137. The summed E-state index contributed by atoms with van der Waals surface area (Å²) in [6.45, 7) is 3.83. The molecule has 0 unspecified atom stereocenters. The first-order valence-corrected chi connectivity index (χ1v) is 8.77. The summed E-state index contributed by atoms with van der Waals surface area (Å²) < 4.78 is 5.21. The molecule has 0 spiro atoms. The third-order valence-electron chi connectivity index (χ3n) is 4.05. The molecule has 0 aliphatic carbocycles. The van der Waals surface area contributed by atoms with E-state index in [0.29, 0.717) is 12.8 Å². The number of hydrogen-bond donors (Lipinski definition) is 1. The fraction of sp³-hybridized carbons (Fsp3) is 0.273. The standard InChI is InChI=1S/C22H24O4/c1-17(26-16-6-11-22(24)25)21(23)10-5-7-18-12-14-20(15-13-18)19-8-3-2-4-9-19/h2-4,8-9,12-15H,1,5-7,10-11,16H2,(H,24,25). The third kappa shape index (κ3) is 6.55. The van der Waals surface area contributed by atoms with Crippen molar-refractivity contribution in [1.82, 2.24) is 0 Å². The van der Waals surface area contributed by atoms with Crippen molar-refractivity contribution < 1.29 is 19.4 Å². The second-order valence-electron chi connectivity index (χ2n) is 6.11. The molecule has 4 nitrogen and oxygen atoms in total. The molecule has 2 rings (SSSR count). The first kappa shape index (κ1) is 19.4. The second kappa shape index (κ2) is 10.2. The van der Waals surface area contributed by atoms with Crippen LogP contribution in [-0.4, -0.2) is 23.5 Å². The van der Waals surface area contributed by atoms with Crippen molar-refractivity contribution in [3.63, 3.8) is 0 Å². The monoisotopic (exact) mass is 352 g/mol. The van der Waals surface area contributed by atoms with Crippen molar-refractivity contribution in [3.05, 3.63) is 72.5 Å². The Morgan fingerprint density at radius 3 is 2.19 bits per heavy atom. The molecule has 0 aliphatic rings. The summed E-state index contributed by atoms with van der Waals surface area (Å²) in [6.07, 6.45) is 2.31. The highest BCUT2D eigenvalue weighted by molar-refractivity contribution is 5.92. The molecule has 0 saturated carbocycles. The number of aryl methyl sites for hydroxylation is 1. The summed E-state index contributed by atoms with van der Waals surface area (Å²) in [5, 5.41) is 8.55. The van der Waals surface area contributed by atoms with Gasteiger partial charge in [-0.15, -0.1) is 0 Å². The third-order valence-corrected chi connectivity index (χ3v) is 4.05.